The topological polar surface area (TPSA) is 104 Å². The van der Waals surface area contributed by atoms with Crippen molar-refractivity contribution in [3.8, 4) is 0 Å². The monoisotopic (exact) mass is 206 g/mol. The molecular formula is C8H11BN4O2. The van der Waals surface area contributed by atoms with Gasteiger partial charge in [-0.2, -0.15) is 5.11 Å². The molecule has 0 amide bonds. The van der Waals surface area contributed by atoms with Crippen molar-refractivity contribution < 1.29 is 10.0 Å². The molecule has 4 N–H and O–H groups in total. The molecule has 0 bridgehead atoms. The summed E-state index contributed by atoms with van der Waals surface area (Å²) in [4.78, 5) is 0. The maximum absolute atomic E-state index is 8.86. The van der Waals surface area contributed by atoms with Crippen LogP contribution in [0, 0.1) is 0 Å². The van der Waals surface area contributed by atoms with Crippen molar-refractivity contribution in [3.63, 3.8) is 0 Å². The molecule has 0 heterocycles. The van der Waals surface area contributed by atoms with E-state index >= 15 is 0 Å². The molecule has 15 heavy (non-hydrogen) atoms. The number of rotatable bonds is 3. The van der Waals surface area contributed by atoms with Crippen molar-refractivity contribution in [1.29, 1.82) is 0 Å². The van der Waals surface area contributed by atoms with Gasteiger partial charge in [0.25, 0.3) is 0 Å². The molecule has 1 rings (SSSR count). The summed E-state index contributed by atoms with van der Waals surface area (Å²) in [5.41, 5.74) is 6.62. The molecule has 0 saturated carbocycles. The van der Waals surface area contributed by atoms with E-state index in [0.717, 1.165) is 0 Å². The van der Waals surface area contributed by atoms with Crippen molar-refractivity contribution in [2.75, 3.05) is 7.05 Å². The van der Waals surface area contributed by atoms with Crippen molar-refractivity contribution in [1.82, 2.24) is 0 Å². The van der Waals surface area contributed by atoms with Crippen LogP contribution in [0.4, 0.5) is 0 Å². The highest BCUT2D eigenvalue weighted by Crippen LogP contribution is 1.97. The molecule has 7 heteroatoms. The van der Waals surface area contributed by atoms with Crippen molar-refractivity contribution >= 4 is 18.4 Å². The first-order valence-electron chi connectivity index (χ1n) is 4.24. The first kappa shape index (κ1) is 11.4. The first-order valence-corrected chi connectivity index (χ1v) is 4.24. The van der Waals surface area contributed by atoms with Gasteiger partial charge in [-0.15, -0.1) is 5.10 Å². The molecule has 0 aliphatic rings. The van der Waals surface area contributed by atoms with Crippen LogP contribution in [0.15, 0.2) is 39.7 Å². The fourth-order valence-corrected chi connectivity index (χ4v) is 0.977. The van der Waals surface area contributed by atoms with Gasteiger partial charge in [0, 0.05) is 5.56 Å². The summed E-state index contributed by atoms with van der Waals surface area (Å²) < 4.78 is 0. The smallest absolute Gasteiger partial charge is 0.423 e. The van der Waals surface area contributed by atoms with Gasteiger partial charge in [0.15, 0.2) is 5.84 Å². The van der Waals surface area contributed by atoms with E-state index < -0.39 is 7.12 Å². The fourth-order valence-electron chi connectivity index (χ4n) is 0.977. The van der Waals surface area contributed by atoms with E-state index in [-0.39, 0.29) is 5.84 Å². The van der Waals surface area contributed by atoms with Gasteiger partial charge in [0.1, 0.15) is 0 Å². The van der Waals surface area contributed by atoms with Gasteiger partial charge in [-0.3, -0.25) is 0 Å². The highest BCUT2D eigenvalue weighted by Gasteiger charge is 2.10. The van der Waals surface area contributed by atoms with Gasteiger partial charge < -0.3 is 15.8 Å². The quantitative estimate of drug-likeness (QED) is 0.195. The molecule has 0 saturated heterocycles. The summed E-state index contributed by atoms with van der Waals surface area (Å²) in [6.45, 7) is 0. The van der Waals surface area contributed by atoms with E-state index in [1.807, 2.05) is 0 Å². The zero-order valence-corrected chi connectivity index (χ0v) is 8.20. The molecular weight excluding hydrogens is 195 g/mol. The molecule has 0 fully saturated rings. The Morgan fingerprint density at radius 3 is 2.33 bits per heavy atom. The van der Waals surface area contributed by atoms with Crippen LogP contribution in [0.25, 0.3) is 0 Å². The summed E-state index contributed by atoms with van der Waals surface area (Å²) in [6, 6.07) is 6.34. The number of benzene rings is 1. The second-order valence-corrected chi connectivity index (χ2v) is 2.77. The third-order valence-electron chi connectivity index (χ3n) is 1.75. The number of hydrogen-bond acceptors (Lipinski definition) is 4. The summed E-state index contributed by atoms with van der Waals surface area (Å²) >= 11 is 0. The Hall–Kier alpha value is -1.73. The van der Waals surface area contributed by atoms with Crippen LogP contribution in [-0.4, -0.2) is 30.0 Å². The summed E-state index contributed by atoms with van der Waals surface area (Å²) in [7, 11) is 0.00896. The molecule has 0 unspecified atom stereocenters. The average Bonchev–Trinajstić information content (AvgIpc) is 2.26. The zero-order valence-electron chi connectivity index (χ0n) is 8.20. The summed E-state index contributed by atoms with van der Waals surface area (Å²) in [5, 5.41) is 28.1. The molecule has 6 nitrogen and oxygen atoms in total. The van der Waals surface area contributed by atoms with Crippen molar-refractivity contribution in [3.05, 3.63) is 29.8 Å². The second kappa shape index (κ2) is 5.23. The second-order valence-electron chi connectivity index (χ2n) is 2.77. The minimum absolute atomic E-state index is 0.222. The number of amidine groups is 1. The lowest BCUT2D eigenvalue weighted by molar-refractivity contribution is 0.426. The predicted octanol–water partition coefficient (Wildman–Crippen LogP) is -0.931. The van der Waals surface area contributed by atoms with Crippen LogP contribution in [0.2, 0.25) is 0 Å². The standard InChI is InChI=1S/C8H11BN4O2/c1-11-13-12-8(10)6-2-4-7(5-3-6)9(14)15/h2-5,14-15H,1H3,(H2,10,11,12). The van der Waals surface area contributed by atoms with Gasteiger partial charge in [0.05, 0.1) is 7.05 Å². The highest BCUT2D eigenvalue weighted by molar-refractivity contribution is 6.58. The van der Waals surface area contributed by atoms with Crippen molar-refractivity contribution in [2.45, 2.75) is 0 Å². The van der Waals surface area contributed by atoms with Gasteiger partial charge in [0.2, 0.25) is 0 Å². The largest absolute Gasteiger partial charge is 0.488 e. The van der Waals surface area contributed by atoms with Crippen LogP contribution in [-0.2, 0) is 0 Å². The van der Waals surface area contributed by atoms with Crippen LogP contribution < -0.4 is 11.2 Å². The third-order valence-corrected chi connectivity index (χ3v) is 1.75. The molecule has 0 aromatic heterocycles. The molecule has 1 aromatic carbocycles. The normalized spacial score (nSPS) is 12.1. The molecule has 0 radical (unpaired) electrons. The fraction of sp³-hybridized carbons (Fsp3) is 0.125. The van der Waals surface area contributed by atoms with E-state index in [9.17, 15) is 0 Å². The molecule has 0 atom stereocenters. The van der Waals surface area contributed by atoms with Gasteiger partial charge >= 0.3 is 7.12 Å². The van der Waals surface area contributed by atoms with E-state index in [2.05, 4.69) is 15.4 Å². The third kappa shape index (κ3) is 3.15. The molecule has 0 aliphatic carbocycles. The SMILES string of the molecule is CN=N/N=C(\N)c1ccc(B(O)O)cc1. The highest BCUT2D eigenvalue weighted by atomic mass is 16.4. The Morgan fingerprint density at radius 2 is 1.87 bits per heavy atom. The van der Waals surface area contributed by atoms with Crippen LogP contribution in [0.5, 0.6) is 0 Å². The van der Waals surface area contributed by atoms with Crippen LogP contribution >= 0.6 is 0 Å². The zero-order chi connectivity index (χ0) is 11.3. The Bertz CT molecular complexity index is 375. The van der Waals surface area contributed by atoms with E-state index in [1.165, 1.54) is 7.05 Å². The van der Waals surface area contributed by atoms with Crippen molar-refractivity contribution in [2.24, 2.45) is 21.2 Å². The lowest BCUT2D eigenvalue weighted by atomic mass is 9.80. The maximum Gasteiger partial charge on any atom is 0.488 e. The van der Waals surface area contributed by atoms with Gasteiger partial charge in [-0.25, -0.2) is 0 Å². The Labute approximate surface area is 87.3 Å². The predicted molar refractivity (Wildman–Crippen MR) is 57.8 cm³/mol. The molecule has 1 aromatic rings. The summed E-state index contributed by atoms with van der Waals surface area (Å²) in [6.07, 6.45) is 0. The van der Waals surface area contributed by atoms with Gasteiger partial charge in [-0.1, -0.05) is 24.3 Å². The van der Waals surface area contributed by atoms with E-state index in [4.69, 9.17) is 15.8 Å². The van der Waals surface area contributed by atoms with E-state index in [1.54, 1.807) is 24.3 Å². The molecule has 78 valence electrons. The summed E-state index contributed by atoms with van der Waals surface area (Å²) in [5.74, 6) is 0.222. The lowest BCUT2D eigenvalue weighted by Gasteiger charge is -2.01. The number of nitrogens with two attached hydrogens (primary N) is 1. The van der Waals surface area contributed by atoms with E-state index in [0.29, 0.717) is 11.0 Å². The van der Waals surface area contributed by atoms with Crippen LogP contribution in [0.1, 0.15) is 5.56 Å². The first-order chi connectivity index (χ1) is 7.15. The Balaban J connectivity index is 2.89. The lowest BCUT2D eigenvalue weighted by Crippen LogP contribution is -2.29. The Morgan fingerprint density at radius 1 is 1.27 bits per heavy atom. The van der Waals surface area contributed by atoms with Gasteiger partial charge in [-0.05, 0) is 10.7 Å². The van der Waals surface area contributed by atoms with Crippen LogP contribution in [0.3, 0.4) is 0 Å². The molecule has 0 spiro atoms. The minimum Gasteiger partial charge on any atom is -0.423 e. The minimum atomic E-state index is -1.48. The molecule has 0 aliphatic heterocycles. The average molecular weight is 206 g/mol. The number of nitrogens with zero attached hydrogens (tertiary/aromatic N) is 3. The Kier molecular flexibility index (Phi) is 3.96. The maximum atomic E-state index is 8.86. The number of hydrogen-bond donors (Lipinski definition) is 3.